The maximum Gasteiger partial charge on any atom is 0.573 e. The van der Waals surface area contributed by atoms with Gasteiger partial charge in [-0.3, -0.25) is 14.5 Å². The first-order chi connectivity index (χ1) is 19.7. The van der Waals surface area contributed by atoms with Gasteiger partial charge in [-0.1, -0.05) is 63.2 Å². The molecular weight excluding hydrogens is 551 g/mol. The number of aryl methyl sites for hydroxylation is 1. The van der Waals surface area contributed by atoms with Gasteiger partial charge in [-0.15, -0.1) is 13.2 Å². The fraction of sp³-hybridized carbons (Fsp3) is 0.344. The Morgan fingerprint density at radius 2 is 1.52 bits per heavy atom. The monoisotopic (exact) mass is 585 g/mol. The van der Waals surface area contributed by atoms with Gasteiger partial charge < -0.3 is 14.2 Å². The van der Waals surface area contributed by atoms with Crippen LogP contribution in [0.4, 0.5) is 18.9 Å². The lowest BCUT2D eigenvalue weighted by molar-refractivity contribution is -0.274. The topological polar surface area (TPSA) is 82.1 Å². The van der Waals surface area contributed by atoms with E-state index in [1.54, 1.807) is 25.1 Å². The summed E-state index contributed by atoms with van der Waals surface area (Å²) in [5.74, 6) is -2.72. The number of ether oxygens (including phenoxy) is 3. The fourth-order valence-electron chi connectivity index (χ4n) is 4.31. The van der Waals surface area contributed by atoms with Gasteiger partial charge in [0.25, 0.3) is 0 Å². The molecule has 0 aromatic heterocycles. The van der Waals surface area contributed by atoms with Crippen LogP contribution in [-0.4, -0.2) is 37.9 Å². The molecule has 3 aromatic carbocycles. The third kappa shape index (κ3) is 8.83. The van der Waals surface area contributed by atoms with Crippen molar-refractivity contribution in [3.63, 3.8) is 0 Å². The number of carbonyl (C=O) groups excluding carboxylic acids is 3. The maximum atomic E-state index is 13.1. The van der Waals surface area contributed by atoms with Crippen LogP contribution in [0.1, 0.15) is 50.8 Å². The molecule has 0 fully saturated rings. The number of nitrogens with zero attached hydrogens (tertiary/aromatic N) is 1. The van der Waals surface area contributed by atoms with Crippen LogP contribution in [0.25, 0.3) is 11.1 Å². The molecule has 10 heteroatoms. The predicted octanol–water partition coefficient (Wildman–Crippen LogP) is 6.75. The molecule has 0 spiro atoms. The lowest BCUT2D eigenvalue weighted by Crippen LogP contribution is -2.37. The molecule has 0 saturated carbocycles. The number of methoxy groups -OCH3 is 1. The van der Waals surface area contributed by atoms with Crippen molar-refractivity contribution in [3.8, 4) is 16.9 Å². The Morgan fingerprint density at radius 3 is 2.07 bits per heavy atom. The van der Waals surface area contributed by atoms with Gasteiger partial charge in [0.2, 0.25) is 0 Å². The predicted molar refractivity (Wildman–Crippen MR) is 152 cm³/mol. The number of anilines is 1. The maximum absolute atomic E-state index is 13.1. The zero-order valence-electron chi connectivity index (χ0n) is 24.2. The van der Waals surface area contributed by atoms with E-state index < -0.39 is 24.2 Å². The number of carbonyl (C=O) groups is 3. The Bertz CT molecular complexity index is 1390. The van der Waals surface area contributed by atoms with Crippen LogP contribution in [0.15, 0.2) is 66.7 Å². The average Bonchev–Trinajstić information content (AvgIpc) is 2.93. The van der Waals surface area contributed by atoms with E-state index in [2.05, 4.69) is 25.5 Å². The summed E-state index contributed by atoms with van der Waals surface area (Å²) in [5.41, 5.74) is 4.01. The third-order valence-electron chi connectivity index (χ3n) is 6.47. The molecule has 0 heterocycles. The number of benzene rings is 3. The van der Waals surface area contributed by atoms with Gasteiger partial charge in [0.1, 0.15) is 5.75 Å². The molecule has 3 aromatic rings. The minimum atomic E-state index is -4.82. The Balaban J connectivity index is 2.03. The molecule has 0 aliphatic rings. The molecule has 0 radical (unpaired) electrons. The zero-order chi connectivity index (χ0) is 31.1. The van der Waals surface area contributed by atoms with E-state index in [0.29, 0.717) is 22.4 Å². The number of alkyl halides is 3. The molecule has 0 N–H and O–H groups in total. The molecule has 7 nitrogen and oxygen atoms in total. The van der Waals surface area contributed by atoms with Crippen molar-refractivity contribution >= 4 is 23.5 Å². The van der Waals surface area contributed by atoms with Crippen molar-refractivity contribution in [2.45, 2.75) is 58.9 Å². The third-order valence-corrected chi connectivity index (χ3v) is 6.47. The number of hydrogen-bond donors (Lipinski definition) is 0. The summed E-state index contributed by atoms with van der Waals surface area (Å²) in [7, 11) is 1.12. The highest BCUT2D eigenvalue weighted by Gasteiger charge is 2.31. The summed E-state index contributed by atoms with van der Waals surface area (Å²) in [6.45, 7) is 8.24. The zero-order valence-corrected chi connectivity index (χ0v) is 24.2. The van der Waals surface area contributed by atoms with Crippen LogP contribution in [-0.2, 0) is 42.2 Å². The Morgan fingerprint density at radius 1 is 0.881 bits per heavy atom. The first-order valence-corrected chi connectivity index (χ1v) is 13.4. The standard InChI is InChI=1S/C32H34F3NO6/c1-6-41-28(37)18-11-23-19-25(14-17-27(23)22-9-15-26(16-10-22)42-32(33,34)35)36(29(38)30(39)40-5)20-21-7-12-24(13-8-21)31(2,3)4/h7-10,12-17,19H,6,11,18,20H2,1-5H3. The smallest absolute Gasteiger partial charge is 0.466 e. The molecule has 0 saturated heterocycles. The van der Waals surface area contributed by atoms with Gasteiger partial charge >= 0.3 is 24.2 Å². The SMILES string of the molecule is CCOC(=O)CCc1cc(N(Cc2ccc(C(C)(C)C)cc2)C(=O)C(=O)OC)ccc1-c1ccc(OC(F)(F)F)cc1. The van der Waals surface area contributed by atoms with Gasteiger partial charge in [0.15, 0.2) is 0 Å². The van der Waals surface area contributed by atoms with Crippen molar-refractivity contribution in [1.82, 2.24) is 0 Å². The second kappa shape index (κ2) is 13.5. The van der Waals surface area contributed by atoms with Crippen molar-refractivity contribution in [2.24, 2.45) is 0 Å². The van der Waals surface area contributed by atoms with Crippen LogP contribution in [0.5, 0.6) is 5.75 Å². The van der Waals surface area contributed by atoms with E-state index in [9.17, 15) is 27.6 Å². The summed E-state index contributed by atoms with van der Waals surface area (Å²) >= 11 is 0. The van der Waals surface area contributed by atoms with Crippen LogP contribution in [0.2, 0.25) is 0 Å². The summed E-state index contributed by atoms with van der Waals surface area (Å²) in [5, 5.41) is 0. The van der Waals surface area contributed by atoms with E-state index in [1.165, 1.54) is 29.2 Å². The van der Waals surface area contributed by atoms with Crippen LogP contribution in [0, 0.1) is 0 Å². The molecule has 0 aliphatic carbocycles. The normalized spacial score (nSPS) is 11.5. The number of amides is 1. The Kier molecular flexibility index (Phi) is 10.4. The highest BCUT2D eigenvalue weighted by atomic mass is 19.4. The van der Waals surface area contributed by atoms with Crippen molar-refractivity contribution in [2.75, 3.05) is 18.6 Å². The second-order valence-corrected chi connectivity index (χ2v) is 10.5. The summed E-state index contributed by atoms with van der Waals surface area (Å²) < 4.78 is 51.6. The number of halogens is 3. The molecule has 0 unspecified atom stereocenters. The summed E-state index contributed by atoms with van der Waals surface area (Å²) in [6.07, 6.45) is -4.58. The number of rotatable bonds is 9. The molecule has 224 valence electrons. The van der Waals surface area contributed by atoms with Gasteiger partial charge in [0, 0.05) is 12.1 Å². The van der Waals surface area contributed by atoms with E-state index in [0.717, 1.165) is 18.2 Å². The molecule has 42 heavy (non-hydrogen) atoms. The average molecular weight is 586 g/mol. The van der Waals surface area contributed by atoms with Crippen molar-refractivity contribution < 1.29 is 41.8 Å². The van der Waals surface area contributed by atoms with Crippen LogP contribution >= 0.6 is 0 Å². The molecule has 3 rings (SSSR count). The molecule has 1 amide bonds. The lowest BCUT2D eigenvalue weighted by Gasteiger charge is -2.24. The second-order valence-electron chi connectivity index (χ2n) is 10.5. The van der Waals surface area contributed by atoms with Gasteiger partial charge in [0.05, 0.1) is 20.3 Å². The quantitative estimate of drug-likeness (QED) is 0.204. The van der Waals surface area contributed by atoms with E-state index in [1.807, 2.05) is 24.3 Å². The fourth-order valence-corrected chi connectivity index (χ4v) is 4.31. The number of esters is 2. The minimum absolute atomic E-state index is 0.0266. The summed E-state index contributed by atoms with van der Waals surface area (Å²) in [4.78, 5) is 38.9. The van der Waals surface area contributed by atoms with E-state index in [4.69, 9.17) is 9.47 Å². The van der Waals surface area contributed by atoms with Gasteiger partial charge in [-0.2, -0.15) is 0 Å². The molecule has 0 atom stereocenters. The summed E-state index contributed by atoms with van der Waals surface area (Å²) in [6, 6.07) is 18.0. The molecule has 0 bridgehead atoms. The lowest BCUT2D eigenvalue weighted by atomic mass is 9.87. The first kappa shape index (κ1) is 32.2. The van der Waals surface area contributed by atoms with Crippen LogP contribution in [0.3, 0.4) is 0 Å². The largest absolute Gasteiger partial charge is 0.573 e. The Hall–Kier alpha value is -4.34. The molecule has 0 aliphatic heterocycles. The highest BCUT2D eigenvalue weighted by molar-refractivity contribution is 6.38. The van der Waals surface area contributed by atoms with Crippen molar-refractivity contribution in [3.05, 3.63) is 83.4 Å². The van der Waals surface area contributed by atoms with Gasteiger partial charge in [-0.25, -0.2) is 4.79 Å². The number of hydrogen-bond acceptors (Lipinski definition) is 6. The van der Waals surface area contributed by atoms with E-state index >= 15 is 0 Å². The van der Waals surface area contributed by atoms with E-state index in [-0.39, 0.29) is 37.2 Å². The molecular formula is C32H34F3NO6. The van der Waals surface area contributed by atoms with Gasteiger partial charge in [-0.05, 0) is 70.8 Å². The highest BCUT2D eigenvalue weighted by Crippen LogP contribution is 2.33. The van der Waals surface area contributed by atoms with Crippen molar-refractivity contribution in [1.29, 1.82) is 0 Å². The first-order valence-electron chi connectivity index (χ1n) is 13.4. The van der Waals surface area contributed by atoms with Crippen LogP contribution < -0.4 is 9.64 Å². The Labute approximate surface area is 243 Å². The minimum Gasteiger partial charge on any atom is -0.466 e.